The summed E-state index contributed by atoms with van der Waals surface area (Å²) in [7, 11) is 0. The van der Waals surface area contributed by atoms with Gasteiger partial charge in [0.05, 0.1) is 18.2 Å². The molecule has 5 rings (SSSR count). The Labute approximate surface area is 211 Å². The Morgan fingerprint density at radius 1 is 1.22 bits per heavy atom. The maximum atomic E-state index is 13.6. The average Bonchev–Trinajstić information content (AvgIpc) is 3.15. The lowest BCUT2D eigenvalue weighted by Gasteiger charge is -2.47. The summed E-state index contributed by atoms with van der Waals surface area (Å²) in [6, 6.07) is 10.4. The van der Waals surface area contributed by atoms with Gasteiger partial charge in [0.2, 0.25) is 0 Å². The molecule has 7 heteroatoms. The third kappa shape index (κ3) is 5.01. The molecule has 7 atom stereocenters. The Bertz CT molecular complexity index is 1130. The number of hydrogen-bond acceptors (Lipinski definition) is 5. The minimum Gasteiger partial charge on any atom is -0.462 e. The molecule has 3 fully saturated rings. The second-order valence-corrected chi connectivity index (χ2v) is 10.3. The molecule has 1 N–H and O–H groups in total. The van der Waals surface area contributed by atoms with E-state index in [2.05, 4.69) is 16.4 Å². The van der Waals surface area contributed by atoms with Crippen molar-refractivity contribution in [2.45, 2.75) is 51.7 Å². The van der Waals surface area contributed by atoms with Gasteiger partial charge >= 0.3 is 12.1 Å². The molecule has 0 spiro atoms. The predicted octanol–water partition coefficient (Wildman–Crippen LogP) is 5.63. The monoisotopic (exact) mass is 492 g/mol. The number of amides is 1. The molecular weight excluding hydrogens is 459 g/mol. The topological polar surface area (TPSA) is 77.5 Å². The van der Waals surface area contributed by atoms with Crippen LogP contribution in [0.4, 0.5) is 9.18 Å². The van der Waals surface area contributed by atoms with E-state index >= 15 is 0 Å². The zero-order chi connectivity index (χ0) is 25.2. The van der Waals surface area contributed by atoms with Crippen molar-refractivity contribution >= 4 is 18.1 Å². The third-order valence-electron chi connectivity index (χ3n) is 8.18. The molecule has 2 heterocycles. The van der Waals surface area contributed by atoms with Gasteiger partial charge in [-0.2, -0.15) is 0 Å². The van der Waals surface area contributed by atoms with E-state index in [1.54, 1.807) is 19.2 Å². The summed E-state index contributed by atoms with van der Waals surface area (Å²) < 4.78 is 24.3. The van der Waals surface area contributed by atoms with Gasteiger partial charge in [-0.05, 0) is 87.1 Å². The van der Waals surface area contributed by atoms with Gasteiger partial charge in [0.15, 0.2) is 0 Å². The molecule has 1 saturated heterocycles. The number of allylic oxidation sites excluding steroid dienone is 1. The van der Waals surface area contributed by atoms with Crippen LogP contribution in [0.1, 0.15) is 45.2 Å². The van der Waals surface area contributed by atoms with Crippen molar-refractivity contribution in [3.8, 4) is 11.1 Å². The number of ether oxygens (including phenoxy) is 2. The first kappa shape index (κ1) is 24.5. The second-order valence-electron chi connectivity index (χ2n) is 10.3. The number of cyclic esters (lactones) is 1. The number of nitrogens with zero attached hydrogens (tertiary/aromatic N) is 1. The zero-order valence-corrected chi connectivity index (χ0v) is 20.7. The first-order valence-electron chi connectivity index (χ1n) is 13.0. The van der Waals surface area contributed by atoms with Crippen LogP contribution >= 0.6 is 0 Å². The van der Waals surface area contributed by atoms with Crippen LogP contribution in [0.5, 0.6) is 0 Å². The van der Waals surface area contributed by atoms with Gasteiger partial charge < -0.3 is 14.8 Å². The minimum absolute atomic E-state index is 0.0679. The smallest absolute Gasteiger partial charge is 0.407 e. The quantitative estimate of drug-likeness (QED) is 0.548. The normalized spacial score (nSPS) is 31.4. The first-order valence-corrected chi connectivity index (χ1v) is 13.0. The summed E-state index contributed by atoms with van der Waals surface area (Å²) in [6.07, 6.45) is 9.07. The number of halogens is 1. The van der Waals surface area contributed by atoms with Gasteiger partial charge in [0.25, 0.3) is 0 Å². The van der Waals surface area contributed by atoms with Crippen molar-refractivity contribution in [2.75, 3.05) is 6.61 Å². The van der Waals surface area contributed by atoms with Crippen molar-refractivity contribution in [3.63, 3.8) is 0 Å². The number of pyridine rings is 1. The third-order valence-corrected chi connectivity index (χ3v) is 8.18. The molecule has 6 nitrogen and oxygen atoms in total. The highest BCUT2D eigenvalue weighted by atomic mass is 19.1. The molecular formula is C29H33FN2O4. The highest BCUT2D eigenvalue weighted by molar-refractivity contribution is 5.75. The Kier molecular flexibility index (Phi) is 7.08. The van der Waals surface area contributed by atoms with Crippen LogP contribution in [0.15, 0.2) is 48.7 Å². The van der Waals surface area contributed by atoms with Crippen LogP contribution in [-0.2, 0) is 14.3 Å². The van der Waals surface area contributed by atoms with Crippen LogP contribution in [-0.4, -0.2) is 35.8 Å². The fraction of sp³-hybridized carbons (Fsp3) is 0.483. The molecule has 2 saturated carbocycles. The number of nitrogens with one attached hydrogen (secondary N) is 1. The Morgan fingerprint density at radius 2 is 2.08 bits per heavy atom. The number of benzene rings is 1. The molecule has 0 unspecified atom stereocenters. The zero-order valence-electron chi connectivity index (χ0n) is 20.7. The lowest BCUT2D eigenvalue weighted by molar-refractivity contribution is -0.144. The van der Waals surface area contributed by atoms with Crippen molar-refractivity contribution < 1.29 is 23.5 Å². The summed E-state index contributed by atoms with van der Waals surface area (Å²) in [4.78, 5) is 29.2. The van der Waals surface area contributed by atoms with E-state index in [-0.39, 0.29) is 47.8 Å². The van der Waals surface area contributed by atoms with E-state index in [4.69, 9.17) is 9.47 Å². The van der Waals surface area contributed by atoms with E-state index in [1.165, 1.54) is 12.1 Å². The van der Waals surface area contributed by atoms with Gasteiger partial charge in [0, 0.05) is 23.7 Å². The molecule has 1 aromatic heterocycles. The molecule has 2 aliphatic carbocycles. The number of rotatable bonds is 5. The van der Waals surface area contributed by atoms with Crippen LogP contribution in [0.25, 0.3) is 17.2 Å². The summed E-state index contributed by atoms with van der Waals surface area (Å²) >= 11 is 0. The molecule has 190 valence electrons. The number of carbonyl (C=O) groups excluding carboxylic acids is 2. The Hall–Kier alpha value is -3.22. The van der Waals surface area contributed by atoms with Crippen molar-refractivity contribution in [2.24, 2.45) is 29.6 Å². The van der Waals surface area contributed by atoms with Crippen molar-refractivity contribution in [1.82, 2.24) is 10.3 Å². The molecule has 1 amide bonds. The summed E-state index contributed by atoms with van der Waals surface area (Å²) in [5, 5.41) is 3.00. The Balaban J connectivity index is 1.34. The number of carbonyl (C=O) groups is 2. The van der Waals surface area contributed by atoms with E-state index in [1.807, 2.05) is 31.2 Å². The van der Waals surface area contributed by atoms with Gasteiger partial charge in [-0.15, -0.1) is 0 Å². The molecule has 36 heavy (non-hydrogen) atoms. The number of hydrogen-bond donors (Lipinski definition) is 1. The maximum absolute atomic E-state index is 13.6. The lowest BCUT2D eigenvalue weighted by Crippen LogP contribution is -2.48. The fourth-order valence-electron chi connectivity index (χ4n) is 6.64. The fourth-order valence-corrected chi connectivity index (χ4v) is 6.64. The van der Waals surface area contributed by atoms with Crippen molar-refractivity contribution in [3.05, 3.63) is 60.2 Å². The largest absolute Gasteiger partial charge is 0.462 e. The molecule has 0 radical (unpaired) electrons. The number of aromatic nitrogens is 1. The standard InChI is InChI=1S/C29H33FN2O4/c1-3-35-29(34)32-23-10-11-24-20(14-23)15-26-27(17(2)36-28(26)33)25(24)12-9-22-8-7-19(16-31-22)18-5-4-6-21(30)13-18/h4-9,12-13,16-17,20,23-27H,3,10-11,14-15H2,1-2H3,(H,32,34)/b12-9+/t17-,20-,23-,24-,25-,26+,27+/m1/s1. The van der Waals surface area contributed by atoms with E-state index < -0.39 is 0 Å². The molecule has 2 aromatic rings. The van der Waals surface area contributed by atoms with Crippen LogP contribution < -0.4 is 5.32 Å². The number of alkyl carbamates (subject to hydrolysis) is 1. The second kappa shape index (κ2) is 10.4. The van der Waals surface area contributed by atoms with E-state index in [0.29, 0.717) is 18.4 Å². The van der Waals surface area contributed by atoms with Crippen LogP contribution in [0.3, 0.4) is 0 Å². The Morgan fingerprint density at radius 3 is 2.83 bits per heavy atom. The highest BCUT2D eigenvalue weighted by Gasteiger charge is 2.54. The average molecular weight is 493 g/mol. The highest BCUT2D eigenvalue weighted by Crippen LogP contribution is 2.53. The summed E-state index contributed by atoms with van der Waals surface area (Å²) in [5.74, 6) is 0.629. The predicted molar refractivity (Wildman–Crippen MR) is 134 cm³/mol. The van der Waals surface area contributed by atoms with Crippen molar-refractivity contribution in [1.29, 1.82) is 0 Å². The van der Waals surface area contributed by atoms with E-state index in [0.717, 1.165) is 42.5 Å². The first-order chi connectivity index (χ1) is 17.4. The van der Waals surface area contributed by atoms with Gasteiger partial charge in [-0.1, -0.05) is 24.3 Å². The van der Waals surface area contributed by atoms with Crippen LogP contribution in [0, 0.1) is 35.4 Å². The molecule has 1 aliphatic heterocycles. The minimum atomic E-state index is -0.368. The molecule has 0 bridgehead atoms. The summed E-state index contributed by atoms with van der Waals surface area (Å²) in [6.45, 7) is 4.15. The van der Waals surface area contributed by atoms with Gasteiger partial charge in [0.1, 0.15) is 11.9 Å². The van der Waals surface area contributed by atoms with E-state index in [9.17, 15) is 14.0 Å². The van der Waals surface area contributed by atoms with Crippen LogP contribution in [0.2, 0.25) is 0 Å². The molecule has 3 aliphatic rings. The summed E-state index contributed by atoms with van der Waals surface area (Å²) in [5.41, 5.74) is 2.48. The SMILES string of the molecule is CCOC(=O)N[C@@H]1CC[C@@H]2[C@H](C1)C[C@@H]1C(=O)O[C@H](C)[C@H]1[C@@H]2/C=C/c1ccc(-c2cccc(F)c2)cn1. The number of fused-ring (bicyclic) bond motifs is 2. The lowest BCUT2D eigenvalue weighted by atomic mass is 9.57. The maximum Gasteiger partial charge on any atom is 0.407 e. The van der Waals surface area contributed by atoms with Gasteiger partial charge in [-0.25, -0.2) is 9.18 Å². The number of esters is 1. The van der Waals surface area contributed by atoms with Gasteiger partial charge in [-0.3, -0.25) is 9.78 Å². The molecule has 1 aromatic carbocycles.